The minimum Gasteiger partial charge on any atom is -0.461 e. The number of amides is 1. The molecule has 0 spiro atoms. The van der Waals surface area contributed by atoms with Crippen LogP contribution in [0.2, 0.25) is 5.02 Å². The molecule has 2 aliphatic heterocycles. The summed E-state index contributed by atoms with van der Waals surface area (Å²) in [6.07, 6.45) is 3.85. The molecule has 4 atom stereocenters. The molecule has 3 fully saturated rings. The maximum absolute atomic E-state index is 14.3. The van der Waals surface area contributed by atoms with Gasteiger partial charge in [0, 0.05) is 42.0 Å². The SMILES string of the molecule is C=C(F)C(=O)NCCNc1nc(OCC23CCCN2C[C@H](F)C3)nc2cc(-c3cccc4c3C3CC3C4)c(Cl)cc12. The molecule has 7 nitrogen and oxygen atoms in total. The van der Waals surface area contributed by atoms with Crippen LogP contribution >= 0.6 is 11.6 Å². The Morgan fingerprint density at radius 2 is 2.12 bits per heavy atom. The van der Waals surface area contributed by atoms with Gasteiger partial charge in [0.15, 0.2) is 5.83 Å². The number of alkyl halides is 1. The van der Waals surface area contributed by atoms with E-state index in [9.17, 15) is 13.6 Å². The number of aromatic nitrogens is 2. The van der Waals surface area contributed by atoms with Crippen molar-refractivity contribution in [3.8, 4) is 17.1 Å². The third kappa shape index (κ3) is 4.83. The topological polar surface area (TPSA) is 79.4 Å². The average molecular weight is 580 g/mol. The molecule has 1 saturated carbocycles. The monoisotopic (exact) mass is 579 g/mol. The molecule has 3 aromatic rings. The normalized spacial score (nSPS) is 26.0. The van der Waals surface area contributed by atoms with Crippen molar-refractivity contribution in [1.82, 2.24) is 20.2 Å². The van der Waals surface area contributed by atoms with Crippen LogP contribution in [0, 0.1) is 5.92 Å². The van der Waals surface area contributed by atoms with Crippen molar-refractivity contribution in [3.05, 3.63) is 58.9 Å². The van der Waals surface area contributed by atoms with E-state index < -0.39 is 17.9 Å². The summed E-state index contributed by atoms with van der Waals surface area (Å²) in [5.74, 6) is -0.0624. The number of benzene rings is 2. The van der Waals surface area contributed by atoms with E-state index in [0.717, 1.165) is 42.9 Å². The van der Waals surface area contributed by atoms with Crippen molar-refractivity contribution in [3.63, 3.8) is 0 Å². The highest BCUT2D eigenvalue weighted by molar-refractivity contribution is 6.34. The van der Waals surface area contributed by atoms with Gasteiger partial charge in [0.05, 0.1) is 11.1 Å². The first-order chi connectivity index (χ1) is 19.8. The summed E-state index contributed by atoms with van der Waals surface area (Å²) in [6.45, 7) is 5.08. The molecule has 3 heterocycles. The molecule has 1 aromatic heterocycles. The Hall–Kier alpha value is -3.30. The molecule has 0 bridgehead atoms. The van der Waals surface area contributed by atoms with Crippen LogP contribution in [0.1, 0.15) is 42.7 Å². The molecule has 41 heavy (non-hydrogen) atoms. The molecule has 2 aliphatic carbocycles. The molecule has 2 aromatic carbocycles. The summed E-state index contributed by atoms with van der Waals surface area (Å²) in [6, 6.07) is 10.5. The largest absolute Gasteiger partial charge is 0.461 e. The Bertz CT molecular complexity index is 1570. The summed E-state index contributed by atoms with van der Waals surface area (Å²) in [5.41, 5.74) is 5.19. The van der Waals surface area contributed by atoms with Crippen LogP contribution in [0.25, 0.3) is 22.0 Å². The number of carbonyl (C=O) groups is 1. The van der Waals surface area contributed by atoms with Crippen molar-refractivity contribution < 1.29 is 18.3 Å². The zero-order chi connectivity index (χ0) is 28.3. The fourth-order valence-electron chi connectivity index (χ4n) is 7.21. The molecule has 7 rings (SSSR count). The first-order valence-corrected chi connectivity index (χ1v) is 14.7. The zero-order valence-electron chi connectivity index (χ0n) is 22.7. The van der Waals surface area contributed by atoms with E-state index in [-0.39, 0.29) is 24.6 Å². The molecular formula is C31H32ClF2N5O2. The number of ether oxygens (including phenoxy) is 1. The van der Waals surface area contributed by atoms with E-state index in [1.165, 1.54) is 17.5 Å². The lowest BCUT2D eigenvalue weighted by molar-refractivity contribution is -0.118. The number of nitrogens with zero attached hydrogens (tertiary/aromatic N) is 3. The first kappa shape index (κ1) is 26.6. The van der Waals surface area contributed by atoms with Crippen molar-refractivity contribution >= 4 is 34.2 Å². The van der Waals surface area contributed by atoms with Crippen LogP contribution in [-0.4, -0.2) is 65.3 Å². The van der Waals surface area contributed by atoms with E-state index in [1.54, 1.807) is 0 Å². The summed E-state index contributed by atoms with van der Waals surface area (Å²) < 4.78 is 33.6. The van der Waals surface area contributed by atoms with Crippen molar-refractivity contribution in [1.29, 1.82) is 0 Å². The Morgan fingerprint density at radius 1 is 1.24 bits per heavy atom. The number of hydrogen-bond acceptors (Lipinski definition) is 6. The van der Waals surface area contributed by atoms with Crippen LogP contribution < -0.4 is 15.4 Å². The number of anilines is 1. The fraction of sp³-hybridized carbons (Fsp3) is 0.452. The van der Waals surface area contributed by atoms with Crippen molar-refractivity contribution in [2.45, 2.75) is 49.7 Å². The number of rotatable bonds is 9. The van der Waals surface area contributed by atoms with Crippen molar-refractivity contribution in [2.75, 3.05) is 38.1 Å². The Balaban J connectivity index is 1.22. The van der Waals surface area contributed by atoms with Crippen LogP contribution in [0.4, 0.5) is 14.6 Å². The van der Waals surface area contributed by atoms with E-state index in [0.29, 0.717) is 47.2 Å². The van der Waals surface area contributed by atoms with E-state index in [4.69, 9.17) is 21.3 Å². The minimum absolute atomic E-state index is 0.157. The molecule has 2 saturated heterocycles. The number of halogens is 3. The predicted octanol–water partition coefficient (Wildman–Crippen LogP) is 5.58. The molecule has 3 unspecified atom stereocenters. The van der Waals surface area contributed by atoms with Gasteiger partial charge >= 0.3 is 6.01 Å². The van der Waals surface area contributed by atoms with Crippen LogP contribution in [0.15, 0.2) is 42.7 Å². The number of hydrogen-bond donors (Lipinski definition) is 2. The maximum atomic E-state index is 14.3. The van der Waals surface area contributed by atoms with Crippen LogP contribution in [-0.2, 0) is 11.2 Å². The third-order valence-corrected chi connectivity index (χ3v) is 9.52. The molecule has 214 valence electrons. The third-order valence-electron chi connectivity index (χ3n) is 9.21. The van der Waals surface area contributed by atoms with E-state index >= 15 is 0 Å². The lowest BCUT2D eigenvalue weighted by Crippen LogP contribution is -2.43. The van der Waals surface area contributed by atoms with Gasteiger partial charge in [-0.3, -0.25) is 9.69 Å². The molecule has 0 radical (unpaired) electrons. The van der Waals surface area contributed by atoms with Gasteiger partial charge in [0.2, 0.25) is 0 Å². The first-order valence-electron chi connectivity index (χ1n) is 14.3. The van der Waals surface area contributed by atoms with Gasteiger partial charge in [0.1, 0.15) is 18.6 Å². The number of carbonyl (C=O) groups excluding carboxylic acids is 1. The second kappa shape index (κ2) is 10.2. The maximum Gasteiger partial charge on any atom is 0.319 e. The second-order valence-corrected chi connectivity index (χ2v) is 12.2. The minimum atomic E-state index is -1.04. The lowest BCUT2D eigenvalue weighted by atomic mass is 9.93. The molecule has 10 heteroatoms. The van der Waals surface area contributed by atoms with Gasteiger partial charge in [-0.15, -0.1) is 0 Å². The second-order valence-electron chi connectivity index (χ2n) is 11.8. The summed E-state index contributed by atoms with van der Waals surface area (Å²) in [5, 5.41) is 6.98. The molecular weight excluding hydrogens is 548 g/mol. The molecule has 2 N–H and O–H groups in total. The summed E-state index contributed by atoms with van der Waals surface area (Å²) in [7, 11) is 0. The number of nitrogens with one attached hydrogen (secondary N) is 2. The zero-order valence-corrected chi connectivity index (χ0v) is 23.4. The highest BCUT2D eigenvalue weighted by atomic mass is 35.5. The van der Waals surface area contributed by atoms with Crippen LogP contribution in [0.5, 0.6) is 6.01 Å². The Morgan fingerprint density at radius 3 is 2.98 bits per heavy atom. The quantitative estimate of drug-likeness (QED) is 0.255. The Labute approximate surface area is 242 Å². The van der Waals surface area contributed by atoms with Gasteiger partial charge in [-0.05, 0) is 72.9 Å². The molecule has 1 amide bonds. The number of fused-ring (bicyclic) bond motifs is 5. The van der Waals surface area contributed by atoms with Gasteiger partial charge < -0.3 is 15.4 Å². The summed E-state index contributed by atoms with van der Waals surface area (Å²) in [4.78, 5) is 23.2. The highest BCUT2D eigenvalue weighted by Crippen LogP contribution is 2.59. The van der Waals surface area contributed by atoms with Gasteiger partial charge in [-0.25, -0.2) is 8.78 Å². The smallest absolute Gasteiger partial charge is 0.319 e. The van der Waals surface area contributed by atoms with E-state index in [1.807, 2.05) is 12.1 Å². The standard InChI is InChI=1S/C31H32ClF2N5O2/c1-17(33)29(40)36-8-7-35-28-24-12-25(32)23(21-5-2-4-18-10-19-11-22(19)27(18)21)13-26(24)37-30(38-28)41-16-31-6-3-9-39(31)15-20(34)14-31/h2,4-5,12-13,19-20,22H,1,3,6-11,14-16H2,(H,36,40)(H,35,37,38)/t19?,20-,22?,31?/m1/s1. The highest BCUT2D eigenvalue weighted by Gasteiger charge is 2.49. The van der Waals surface area contributed by atoms with Gasteiger partial charge in [-0.1, -0.05) is 36.4 Å². The van der Waals surface area contributed by atoms with Crippen molar-refractivity contribution in [2.24, 2.45) is 5.92 Å². The Kier molecular flexibility index (Phi) is 6.62. The molecule has 4 aliphatic rings. The fourth-order valence-corrected chi connectivity index (χ4v) is 7.47. The van der Waals surface area contributed by atoms with Gasteiger partial charge in [0.25, 0.3) is 5.91 Å². The summed E-state index contributed by atoms with van der Waals surface area (Å²) >= 11 is 6.91. The predicted molar refractivity (Wildman–Crippen MR) is 155 cm³/mol. The lowest BCUT2D eigenvalue weighted by Gasteiger charge is -2.30. The van der Waals surface area contributed by atoms with E-state index in [2.05, 4.69) is 45.3 Å². The van der Waals surface area contributed by atoms with Gasteiger partial charge in [-0.2, -0.15) is 9.97 Å². The average Bonchev–Trinajstić information content (AvgIpc) is 3.27. The van der Waals surface area contributed by atoms with Crippen LogP contribution in [0.3, 0.4) is 0 Å².